The van der Waals surface area contributed by atoms with Gasteiger partial charge in [0.25, 0.3) is 0 Å². The number of halogens is 1. The number of rotatable bonds is 6. The van der Waals surface area contributed by atoms with E-state index in [1.807, 2.05) is 6.92 Å². The van der Waals surface area contributed by atoms with Gasteiger partial charge in [-0.3, -0.25) is 4.79 Å². The Labute approximate surface area is 134 Å². The summed E-state index contributed by atoms with van der Waals surface area (Å²) in [6.45, 7) is 3.54. The smallest absolute Gasteiger partial charge is 0.237 e. The van der Waals surface area contributed by atoms with Gasteiger partial charge in [-0.2, -0.15) is 0 Å². The molecule has 5 nitrogen and oxygen atoms in total. The van der Waals surface area contributed by atoms with E-state index < -0.39 is 5.41 Å². The van der Waals surface area contributed by atoms with Crippen LogP contribution in [0.2, 0.25) is 5.02 Å². The van der Waals surface area contributed by atoms with Crippen molar-refractivity contribution in [2.45, 2.75) is 20.3 Å². The molecule has 0 saturated carbocycles. The zero-order chi connectivity index (χ0) is 16.2. The van der Waals surface area contributed by atoms with Crippen LogP contribution in [-0.4, -0.2) is 25.1 Å². The molecule has 1 unspecified atom stereocenters. The fourth-order valence-corrected chi connectivity index (χ4v) is 2.14. The minimum Gasteiger partial charge on any atom is -0.495 e. The van der Waals surface area contributed by atoms with Crippen molar-refractivity contribution in [3.05, 3.63) is 17.2 Å². The van der Waals surface area contributed by atoms with Gasteiger partial charge in [-0.05, 0) is 19.4 Å². The van der Waals surface area contributed by atoms with Gasteiger partial charge in [-0.25, -0.2) is 0 Å². The number of carbonyl (C=O) groups excluding carboxylic acids is 1. The summed E-state index contributed by atoms with van der Waals surface area (Å²) in [6.07, 6.45) is 0.486. The second kappa shape index (κ2) is 6.95. The molecule has 0 heterocycles. The summed E-state index contributed by atoms with van der Waals surface area (Å²) in [5, 5.41) is 3.12. The van der Waals surface area contributed by atoms with Crippen LogP contribution in [0.25, 0.3) is 0 Å². The molecule has 1 atom stereocenters. The number of hydrogen-bond acceptors (Lipinski definition) is 4. The highest BCUT2D eigenvalue weighted by Crippen LogP contribution is 2.37. The van der Waals surface area contributed by atoms with Crippen LogP contribution in [0.3, 0.4) is 0 Å². The lowest BCUT2D eigenvalue weighted by atomic mass is 9.86. The quantitative estimate of drug-likeness (QED) is 0.784. The van der Waals surface area contributed by atoms with Gasteiger partial charge < -0.3 is 20.5 Å². The van der Waals surface area contributed by atoms with Crippen LogP contribution in [-0.2, 0) is 4.79 Å². The van der Waals surface area contributed by atoms with Crippen LogP contribution in [0.4, 0.5) is 5.69 Å². The number of benzene rings is 1. The monoisotopic (exact) mass is 330 g/mol. The Morgan fingerprint density at radius 3 is 2.38 bits per heavy atom. The van der Waals surface area contributed by atoms with Gasteiger partial charge in [0.15, 0.2) is 0 Å². The van der Waals surface area contributed by atoms with Gasteiger partial charge in [0.05, 0.1) is 35.3 Å². The van der Waals surface area contributed by atoms with Crippen molar-refractivity contribution in [2.75, 3.05) is 19.5 Å². The molecule has 0 saturated heterocycles. The number of nitrogens with one attached hydrogen (secondary N) is 1. The average molecular weight is 331 g/mol. The van der Waals surface area contributed by atoms with Crippen LogP contribution in [0, 0.1) is 5.41 Å². The molecule has 0 spiro atoms. The Kier molecular flexibility index (Phi) is 5.80. The highest BCUT2D eigenvalue weighted by atomic mass is 35.5. The zero-order valence-corrected chi connectivity index (χ0v) is 14.0. The number of thiocarbonyl (C=S) groups is 1. The second-order valence-electron chi connectivity index (χ2n) is 4.69. The molecule has 1 aromatic carbocycles. The molecule has 1 aromatic rings. The second-order valence-corrected chi connectivity index (χ2v) is 5.54. The van der Waals surface area contributed by atoms with Gasteiger partial charge >= 0.3 is 0 Å². The average Bonchev–Trinajstić information content (AvgIpc) is 2.46. The highest BCUT2D eigenvalue weighted by molar-refractivity contribution is 7.80. The normalized spacial score (nSPS) is 13.2. The number of ether oxygens (including phenoxy) is 2. The number of hydrogen-bond donors (Lipinski definition) is 2. The molecule has 7 heteroatoms. The largest absolute Gasteiger partial charge is 0.495 e. The molecule has 0 aliphatic rings. The topological polar surface area (TPSA) is 73.6 Å². The molecule has 116 valence electrons. The van der Waals surface area contributed by atoms with Crippen LogP contribution in [0.1, 0.15) is 20.3 Å². The maximum Gasteiger partial charge on any atom is 0.237 e. The fraction of sp³-hybridized carbons (Fsp3) is 0.429. The molecule has 3 N–H and O–H groups in total. The molecule has 1 amide bonds. The first-order chi connectivity index (χ1) is 9.79. The van der Waals surface area contributed by atoms with E-state index in [1.165, 1.54) is 14.2 Å². The van der Waals surface area contributed by atoms with Crippen molar-refractivity contribution in [3.63, 3.8) is 0 Å². The number of carbonyl (C=O) groups is 1. The lowest BCUT2D eigenvalue weighted by Gasteiger charge is -2.26. The molecule has 1 rings (SSSR count). The Morgan fingerprint density at radius 1 is 1.38 bits per heavy atom. The third-order valence-corrected chi connectivity index (χ3v) is 4.22. The minimum atomic E-state index is -0.938. The summed E-state index contributed by atoms with van der Waals surface area (Å²) in [4.78, 5) is 12.6. The molecule has 0 fully saturated rings. The van der Waals surface area contributed by atoms with Crippen LogP contribution >= 0.6 is 23.8 Å². The van der Waals surface area contributed by atoms with Gasteiger partial charge in [0.2, 0.25) is 5.91 Å². The van der Waals surface area contributed by atoms with Gasteiger partial charge in [0.1, 0.15) is 11.5 Å². The van der Waals surface area contributed by atoms with Crippen LogP contribution < -0.4 is 20.5 Å². The lowest BCUT2D eigenvalue weighted by Crippen LogP contribution is -2.43. The van der Waals surface area contributed by atoms with E-state index in [-0.39, 0.29) is 10.9 Å². The molecule has 21 heavy (non-hydrogen) atoms. The summed E-state index contributed by atoms with van der Waals surface area (Å²) < 4.78 is 10.3. The predicted octanol–water partition coefficient (Wildman–Crippen LogP) is 3.00. The number of methoxy groups -OCH3 is 2. The van der Waals surface area contributed by atoms with E-state index in [9.17, 15) is 4.79 Å². The zero-order valence-electron chi connectivity index (χ0n) is 12.5. The number of amides is 1. The first-order valence-corrected chi connectivity index (χ1v) is 7.11. The summed E-state index contributed by atoms with van der Waals surface area (Å²) in [5.41, 5.74) is 5.17. The molecular weight excluding hydrogens is 312 g/mol. The van der Waals surface area contributed by atoms with E-state index in [1.54, 1.807) is 19.1 Å². The molecule has 0 aromatic heterocycles. The van der Waals surface area contributed by atoms with Crippen LogP contribution in [0.5, 0.6) is 11.5 Å². The van der Waals surface area contributed by atoms with Crippen molar-refractivity contribution in [2.24, 2.45) is 11.1 Å². The Bertz CT molecular complexity index is 565. The standard InChI is InChI=1S/C14H19ClN2O3S/c1-5-14(2,12(16)21)13(18)17-9-6-8(15)10(19-3)7-11(9)20-4/h6-7H,5H2,1-4H3,(H2,16,21)(H,17,18). The molecule has 0 radical (unpaired) electrons. The van der Waals surface area contributed by atoms with Crippen molar-refractivity contribution in [3.8, 4) is 11.5 Å². The summed E-state index contributed by atoms with van der Waals surface area (Å²) in [5.74, 6) is 0.585. The van der Waals surface area contributed by atoms with Crippen LogP contribution in [0.15, 0.2) is 12.1 Å². The Balaban J connectivity index is 3.16. The molecular formula is C14H19ClN2O3S. The van der Waals surface area contributed by atoms with E-state index in [2.05, 4.69) is 5.32 Å². The predicted molar refractivity (Wildman–Crippen MR) is 88.4 cm³/mol. The van der Waals surface area contributed by atoms with Crippen molar-refractivity contribution < 1.29 is 14.3 Å². The van der Waals surface area contributed by atoms with E-state index in [0.29, 0.717) is 28.6 Å². The van der Waals surface area contributed by atoms with E-state index in [0.717, 1.165) is 0 Å². The summed E-state index contributed by atoms with van der Waals surface area (Å²) >= 11 is 11.1. The Hall–Kier alpha value is -1.53. The van der Waals surface area contributed by atoms with Crippen molar-refractivity contribution in [1.82, 2.24) is 0 Å². The first-order valence-electron chi connectivity index (χ1n) is 6.33. The lowest BCUT2D eigenvalue weighted by molar-refractivity contribution is -0.121. The first kappa shape index (κ1) is 17.5. The Morgan fingerprint density at radius 2 is 1.95 bits per heavy atom. The number of anilines is 1. The van der Waals surface area contributed by atoms with Gasteiger partial charge in [-0.15, -0.1) is 0 Å². The molecule has 0 aliphatic carbocycles. The van der Waals surface area contributed by atoms with Crippen molar-refractivity contribution in [1.29, 1.82) is 0 Å². The maximum absolute atomic E-state index is 12.4. The summed E-state index contributed by atoms with van der Waals surface area (Å²) in [6, 6.07) is 3.16. The third-order valence-electron chi connectivity index (χ3n) is 3.47. The third kappa shape index (κ3) is 3.57. The van der Waals surface area contributed by atoms with Crippen molar-refractivity contribution >= 4 is 40.4 Å². The number of nitrogens with two attached hydrogens (primary N) is 1. The maximum atomic E-state index is 12.4. The SMILES string of the molecule is CCC(C)(C(=O)Nc1cc(Cl)c(OC)cc1OC)C(N)=S. The van der Waals surface area contributed by atoms with Gasteiger partial charge in [0, 0.05) is 6.07 Å². The molecule has 0 bridgehead atoms. The molecule has 0 aliphatic heterocycles. The highest BCUT2D eigenvalue weighted by Gasteiger charge is 2.35. The van der Waals surface area contributed by atoms with Gasteiger partial charge in [-0.1, -0.05) is 30.7 Å². The minimum absolute atomic E-state index is 0.140. The fourth-order valence-electron chi connectivity index (χ4n) is 1.66. The summed E-state index contributed by atoms with van der Waals surface area (Å²) in [7, 11) is 2.99. The van der Waals surface area contributed by atoms with E-state index >= 15 is 0 Å². The van der Waals surface area contributed by atoms with E-state index in [4.69, 9.17) is 39.0 Å².